The van der Waals surface area contributed by atoms with Crippen LogP contribution in [0.2, 0.25) is 0 Å². The van der Waals surface area contributed by atoms with Crippen LogP contribution in [0.4, 0.5) is 0 Å². The molecule has 0 fully saturated rings. The largest absolute Gasteiger partial charge is 0.480 e. The summed E-state index contributed by atoms with van der Waals surface area (Å²) >= 11 is 2.97. The first-order chi connectivity index (χ1) is 16.9. The lowest BCUT2D eigenvalue weighted by Gasteiger charge is -2.25. The van der Waals surface area contributed by atoms with E-state index in [2.05, 4.69) is 20.9 Å². The number of aliphatic carboxylic acids is 1. The molecule has 12 nitrogen and oxygen atoms in total. The van der Waals surface area contributed by atoms with Crippen LogP contribution in [0.5, 0.6) is 0 Å². The Morgan fingerprint density at radius 1 is 0.833 bits per heavy atom. The van der Waals surface area contributed by atoms with Gasteiger partial charge in [0.1, 0.15) is 18.1 Å². The summed E-state index contributed by atoms with van der Waals surface area (Å²) in [5, 5.41) is 17.3. The summed E-state index contributed by atoms with van der Waals surface area (Å²) in [4.78, 5) is 54.1. The van der Waals surface area contributed by atoms with E-state index in [1.807, 2.05) is 26.4 Å². The molecule has 0 aliphatic heterocycles. The number of nitrogens with zero attached hydrogens (tertiary/aromatic N) is 1. The molecule has 0 saturated heterocycles. The molecule has 208 valence electrons. The van der Waals surface area contributed by atoms with Gasteiger partial charge in [0.05, 0.1) is 6.04 Å². The molecule has 0 spiro atoms. The third-order valence-corrected chi connectivity index (χ3v) is 6.40. The van der Waals surface area contributed by atoms with Crippen molar-refractivity contribution < 1.29 is 24.3 Å². The van der Waals surface area contributed by atoms with E-state index in [9.17, 15) is 24.3 Å². The Labute approximate surface area is 222 Å². The number of carbonyl (C=O) groups is 4. The number of hydrogen-bond acceptors (Lipinski definition) is 8. The smallest absolute Gasteiger partial charge is 0.326 e. The molecule has 0 bridgehead atoms. The zero-order valence-corrected chi connectivity index (χ0v) is 23.3. The van der Waals surface area contributed by atoms with E-state index in [1.165, 1.54) is 23.5 Å². The topological polar surface area (TPSA) is 215 Å². The van der Waals surface area contributed by atoms with Crippen LogP contribution in [0.1, 0.15) is 46.0 Å². The minimum absolute atomic E-state index is 0.0966. The van der Waals surface area contributed by atoms with E-state index in [0.717, 1.165) is 0 Å². The SMILES string of the molecule is CSCCC(NC(=O)C(CCCN=C(N)N)NC(=O)C(CCSC)NC(=O)C(N)CC(C)C)C(=O)O. The Bertz CT molecular complexity index is 736. The molecule has 0 saturated carbocycles. The maximum absolute atomic E-state index is 13.1. The van der Waals surface area contributed by atoms with Crippen molar-refractivity contribution in [2.45, 2.75) is 70.1 Å². The van der Waals surface area contributed by atoms with Crippen molar-refractivity contribution in [1.82, 2.24) is 16.0 Å². The minimum Gasteiger partial charge on any atom is -0.480 e. The number of hydrogen-bond donors (Lipinski definition) is 7. The Morgan fingerprint density at radius 3 is 1.78 bits per heavy atom. The number of rotatable bonds is 19. The number of aliphatic imine (C=N–C) groups is 1. The fourth-order valence-corrected chi connectivity index (χ4v) is 4.15. The number of carboxylic acids is 1. The second kappa shape index (κ2) is 19.0. The highest BCUT2D eigenvalue weighted by molar-refractivity contribution is 7.98. The predicted octanol–water partition coefficient (Wildman–Crippen LogP) is -0.541. The molecular weight excluding hydrogens is 506 g/mol. The van der Waals surface area contributed by atoms with Gasteiger partial charge in [-0.1, -0.05) is 13.8 Å². The predicted molar refractivity (Wildman–Crippen MR) is 147 cm³/mol. The Balaban J connectivity index is 5.56. The molecule has 0 aromatic heterocycles. The zero-order valence-electron chi connectivity index (χ0n) is 21.6. The van der Waals surface area contributed by atoms with Gasteiger partial charge in [-0.05, 0) is 62.0 Å². The first kappa shape index (κ1) is 33.8. The number of carbonyl (C=O) groups excluding carboxylic acids is 3. The van der Waals surface area contributed by atoms with Crippen LogP contribution in [-0.4, -0.2) is 89.5 Å². The normalized spacial score (nSPS) is 14.3. The lowest BCUT2D eigenvalue weighted by Crippen LogP contribution is -2.57. The lowest BCUT2D eigenvalue weighted by atomic mass is 10.0. The van der Waals surface area contributed by atoms with Crippen LogP contribution in [0.3, 0.4) is 0 Å². The number of nitrogens with one attached hydrogen (secondary N) is 3. The average molecular weight is 550 g/mol. The van der Waals surface area contributed by atoms with Gasteiger partial charge >= 0.3 is 5.97 Å². The number of thioether (sulfide) groups is 2. The highest BCUT2D eigenvalue weighted by Crippen LogP contribution is 2.08. The molecule has 4 unspecified atom stereocenters. The number of carboxylic acid groups (broad SMARTS) is 1. The maximum atomic E-state index is 13.1. The minimum atomic E-state index is -1.16. The van der Waals surface area contributed by atoms with E-state index in [-0.39, 0.29) is 31.3 Å². The van der Waals surface area contributed by atoms with Crippen molar-refractivity contribution in [2.24, 2.45) is 28.1 Å². The molecule has 0 radical (unpaired) electrons. The van der Waals surface area contributed by atoms with E-state index in [4.69, 9.17) is 17.2 Å². The van der Waals surface area contributed by atoms with E-state index < -0.39 is 47.9 Å². The first-order valence-electron chi connectivity index (χ1n) is 11.9. The fourth-order valence-electron chi connectivity index (χ4n) is 3.21. The quantitative estimate of drug-likeness (QED) is 0.0620. The third-order valence-electron chi connectivity index (χ3n) is 5.11. The van der Waals surface area contributed by atoms with Crippen LogP contribution < -0.4 is 33.2 Å². The Morgan fingerprint density at radius 2 is 1.31 bits per heavy atom. The summed E-state index contributed by atoms with van der Waals surface area (Å²) in [7, 11) is 0. The second-order valence-electron chi connectivity index (χ2n) is 8.77. The molecule has 0 heterocycles. The van der Waals surface area contributed by atoms with Gasteiger partial charge in [-0.25, -0.2) is 4.79 Å². The molecule has 0 aromatic rings. The van der Waals surface area contributed by atoms with Crippen LogP contribution in [-0.2, 0) is 19.2 Å². The molecule has 0 aromatic carbocycles. The van der Waals surface area contributed by atoms with E-state index in [1.54, 1.807) is 0 Å². The average Bonchev–Trinajstić information content (AvgIpc) is 2.79. The molecule has 14 heteroatoms. The van der Waals surface area contributed by atoms with Gasteiger partial charge in [-0.2, -0.15) is 23.5 Å². The summed E-state index contributed by atoms with van der Waals surface area (Å²) in [6.45, 7) is 4.12. The number of amides is 3. The molecule has 3 amide bonds. The van der Waals surface area contributed by atoms with Gasteiger partial charge in [0.25, 0.3) is 0 Å². The van der Waals surface area contributed by atoms with Gasteiger partial charge < -0.3 is 38.3 Å². The molecule has 0 aliphatic rings. The maximum Gasteiger partial charge on any atom is 0.326 e. The number of nitrogens with two attached hydrogens (primary N) is 3. The van der Waals surface area contributed by atoms with Crippen molar-refractivity contribution in [3.63, 3.8) is 0 Å². The van der Waals surface area contributed by atoms with Crippen molar-refractivity contribution in [1.29, 1.82) is 0 Å². The monoisotopic (exact) mass is 549 g/mol. The van der Waals surface area contributed by atoms with Crippen molar-refractivity contribution in [2.75, 3.05) is 30.6 Å². The highest BCUT2D eigenvalue weighted by atomic mass is 32.2. The standard InChI is InChI=1S/C22H43N7O5S2/c1-13(2)12-14(23)18(30)27-16(7-10-35-3)20(32)28-15(6-5-9-26-22(24)25)19(31)29-17(21(33)34)8-11-36-4/h13-17H,5-12,23H2,1-4H3,(H,27,30)(H,28,32)(H,29,31)(H,33,34)(H4,24,25,26). The van der Waals surface area contributed by atoms with Gasteiger partial charge in [0.2, 0.25) is 17.7 Å². The van der Waals surface area contributed by atoms with E-state index >= 15 is 0 Å². The number of guanidine groups is 1. The molecular formula is C22H43N7O5S2. The summed E-state index contributed by atoms with van der Waals surface area (Å²) in [5.74, 6) is -1.54. The van der Waals surface area contributed by atoms with Crippen LogP contribution in [0.25, 0.3) is 0 Å². The zero-order chi connectivity index (χ0) is 27.7. The molecule has 36 heavy (non-hydrogen) atoms. The van der Waals surface area contributed by atoms with Crippen LogP contribution in [0.15, 0.2) is 4.99 Å². The lowest BCUT2D eigenvalue weighted by molar-refractivity contribution is -0.142. The highest BCUT2D eigenvalue weighted by Gasteiger charge is 2.30. The van der Waals surface area contributed by atoms with Gasteiger partial charge in [0.15, 0.2) is 5.96 Å². The van der Waals surface area contributed by atoms with Gasteiger partial charge in [-0.3, -0.25) is 19.4 Å². The van der Waals surface area contributed by atoms with Crippen LogP contribution in [0, 0.1) is 5.92 Å². The van der Waals surface area contributed by atoms with E-state index in [0.29, 0.717) is 30.8 Å². The molecule has 4 atom stereocenters. The second-order valence-corrected chi connectivity index (χ2v) is 10.7. The Kier molecular flexibility index (Phi) is 17.8. The molecule has 10 N–H and O–H groups in total. The van der Waals surface area contributed by atoms with Crippen LogP contribution >= 0.6 is 23.5 Å². The molecule has 0 aliphatic carbocycles. The first-order valence-corrected chi connectivity index (χ1v) is 14.6. The van der Waals surface area contributed by atoms with Gasteiger partial charge in [-0.15, -0.1) is 0 Å². The Hall–Kier alpha value is -2.19. The third kappa shape index (κ3) is 15.0. The summed E-state index contributed by atoms with van der Waals surface area (Å²) in [6.07, 6.45) is 5.27. The summed E-state index contributed by atoms with van der Waals surface area (Å²) in [5.41, 5.74) is 16.7. The molecule has 0 rings (SSSR count). The summed E-state index contributed by atoms with van der Waals surface area (Å²) < 4.78 is 0. The fraction of sp³-hybridized carbons (Fsp3) is 0.773. The summed E-state index contributed by atoms with van der Waals surface area (Å²) in [6, 6.07) is -3.80. The van der Waals surface area contributed by atoms with Crippen molar-refractivity contribution >= 4 is 53.2 Å². The van der Waals surface area contributed by atoms with Crippen molar-refractivity contribution in [3.8, 4) is 0 Å². The van der Waals surface area contributed by atoms with Crippen molar-refractivity contribution in [3.05, 3.63) is 0 Å². The van der Waals surface area contributed by atoms with Gasteiger partial charge in [0, 0.05) is 6.54 Å².